The van der Waals surface area contributed by atoms with Crippen LogP contribution in [0.5, 0.6) is 0 Å². The molecule has 1 aliphatic rings. The van der Waals surface area contributed by atoms with E-state index < -0.39 is 10.0 Å². The van der Waals surface area contributed by atoms with E-state index in [1.54, 1.807) is 4.31 Å². The Balaban J connectivity index is 2.36. The van der Waals surface area contributed by atoms with Crippen LogP contribution in [-0.4, -0.2) is 80.9 Å². The Kier molecular flexibility index (Phi) is 6.35. The molecule has 1 rings (SSSR count). The molecular formula is C10H23N3O3S. The SMILES string of the molecule is CCNCCS(=O)(=O)N1CCN(CCO)CC1. The molecule has 1 saturated heterocycles. The van der Waals surface area contributed by atoms with Crippen LogP contribution < -0.4 is 5.32 Å². The molecule has 102 valence electrons. The predicted octanol–water partition coefficient (Wildman–Crippen LogP) is -1.46. The lowest BCUT2D eigenvalue weighted by Crippen LogP contribution is -2.50. The van der Waals surface area contributed by atoms with Crippen LogP contribution in [0.1, 0.15) is 6.92 Å². The van der Waals surface area contributed by atoms with Crippen LogP contribution in [0.3, 0.4) is 0 Å². The zero-order valence-electron chi connectivity index (χ0n) is 10.4. The Morgan fingerprint density at radius 1 is 1.24 bits per heavy atom. The van der Waals surface area contributed by atoms with Crippen LogP contribution in [0.15, 0.2) is 0 Å². The standard InChI is InChI=1S/C10H23N3O3S/c1-2-11-3-10-17(15,16)13-6-4-12(5-7-13)8-9-14/h11,14H,2-10H2,1H3. The summed E-state index contributed by atoms with van der Waals surface area (Å²) >= 11 is 0. The van der Waals surface area contributed by atoms with Crippen molar-refractivity contribution in [3.63, 3.8) is 0 Å². The van der Waals surface area contributed by atoms with Crippen LogP contribution in [0.2, 0.25) is 0 Å². The topological polar surface area (TPSA) is 72.9 Å². The number of β-amino-alcohol motifs (C(OH)–C–C–N with tert-alkyl or cyclic N) is 1. The molecule has 0 saturated carbocycles. The summed E-state index contributed by atoms with van der Waals surface area (Å²) in [4.78, 5) is 2.08. The van der Waals surface area contributed by atoms with Crippen molar-refractivity contribution in [3.8, 4) is 0 Å². The highest BCUT2D eigenvalue weighted by atomic mass is 32.2. The van der Waals surface area contributed by atoms with Gasteiger partial charge < -0.3 is 10.4 Å². The fraction of sp³-hybridized carbons (Fsp3) is 1.00. The third kappa shape index (κ3) is 4.89. The molecule has 0 aromatic heterocycles. The molecular weight excluding hydrogens is 242 g/mol. The second-order valence-corrected chi connectivity index (χ2v) is 6.22. The van der Waals surface area contributed by atoms with Crippen molar-refractivity contribution in [1.82, 2.24) is 14.5 Å². The summed E-state index contributed by atoms with van der Waals surface area (Å²) in [7, 11) is -3.11. The normalized spacial score (nSPS) is 19.6. The average molecular weight is 265 g/mol. The van der Waals surface area contributed by atoms with Gasteiger partial charge in [0.1, 0.15) is 0 Å². The number of nitrogens with zero attached hydrogens (tertiary/aromatic N) is 2. The van der Waals surface area contributed by atoms with E-state index in [1.807, 2.05) is 6.92 Å². The first kappa shape index (κ1) is 14.8. The van der Waals surface area contributed by atoms with Crippen LogP contribution >= 0.6 is 0 Å². The third-order valence-corrected chi connectivity index (χ3v) is 4.80. The van der Waals surface area contributed by atoms with Crippen molar-refractivity contribution < 1.29 is 13.5 Å². The molecule has 0 aromatic carbocycles. The van der Waals surface area contributed by atoms with Crippen molar-refractivity contribution >= 4 is 10.0 Å². The quantitative estimate of drug-likeness (QED) is 0.550. The zero-order valence-corrected chi connectivity index (χ0v) is 11.2. The van der Waals surface area contributed by atoms with Gasteiger partial charge in [-0.3, -0.25) is 4.90 Å². The molecule has 0 unspecified atom stereocenters. The smallest absolute Gasteiger partial charge is 0.215 e. The van der Waals surface area contributed by atoms with E-state index in [-0.39, 0.29) is 12.4 Å². The monoisotopic (exact) mass is 265 g/mol. The van der Waals surface area contributed by atoms with Gasteiger partial charge in [0.05, 0.1) is 12.4 Å². The highest BCUT2D eigenvalue weighted by molar-refractivity contribution is 7.89. The summed E-state index contributed by atoms with van der Waals surface area (Å²) in [6.07, 6.45) is 0. The molecule has 0 aliphatic carbocycles. The van der Waals surface area contributed by atoms with E-state index in [0.717, 1.165) is 6.54 Å². The van der Waals surface area contributed by atoms with Crippen LogP contribution in [-0.2, 0) is 10.0 Å². The van der Waals surface area contributed by atoms with Gasteiger partial charge in [0.2, 0.25) is 10.0 Å². The van der Waals surface area contributed by atoms with Gasteiger partial charge in [-0.05, 0) is 6.54 Å². The summed E-state index contributed by atoms with van der Waals surface area (Å²) in [5, 5.41) is 11.8. The lowest BCUT2D eigenvalue weighted by Gasteiger charge is -2.33. The first-order chi connectivity index (χ1) is 8.10. The second-order valence-electron chi connectivity index (χ2n) is 4.13. The molecule has 0 aromatic rings. The number of aliphatic hydroxyl groups excluding tert-OH is 1. The Morgan fingerprint density at radius 2 is 1.88 bits per heavy atom. The van der Waals surface area contributed by atoms with Gasteiger partial charge in [-0.2, -0.15) is 4.31 Å². The van der Waals surface area contributed by atoms with Crippen molar-refractivity contribution in [1.29, 1.82) is 0 Å². The molecule has 0 bridgehead atoms. The number of aliphatic hydroxyl groups is 1. The van der Waals surface area contributed by atoms with Crippen LogP contribution in [0.4, 0.5) is 0 Å². The van der Waals surface area contributed by atoms with Crippen LogP contribution in [0, 0.1) is 0 Å². The molecule has 6 nitrogen and oxygen atoms in total. The zero-order chi connectivity index (χ0) is 12.7. The molecule has 17 heavy (non-hydrogen) atoms. The predicted molar refractivity (Wildman–Crippen MR) is 67.4 cm³/mol. The Morgan fingerprint density at radius 3 is 2.41 bits per heavy atom. The van der Waals surface area contributed by atoms with E-state index in [0.29, 0.717) is 39.3 Å². The molecule has 0 radical (unpaired) electrons. The third-order valence-electron chi connectivity index (χ3n) is 2.93. The van der Waals surface area contributed by atoms with E-state index in [4.69, 9.17) is 5.11 Å². The van der Waals surface area contributed by atoms with Gasteiger partial charge in [0, 0.05) is 39.3 Å². The molecule has 1 heterocycles. The maximum Gasteiger partial charge on any atom is 0.215 e. The maximum absolute atomic E-state index is 11.9. The number of rotatable bonds is 7. The largest absolute Gasteiger partial charge is 0.395 e. The van der Waals surface area contributed by atoms with Gasteiger partial charge in [-0.1, -0.05) is 6.92 Å². The summed E-state index contributed by atoms with van der Waals surface area (Å²) in [5.41, 5.74) is 0. The van der Waals surface area contributed by atoms with E-state index in [1.165, 1.54) is 0 Å². The molecule has 0 atom stereocenters. The van der Waals surface area contributed by atoms with Gasteiger partial charge in [0.25, 0.3) is 0 Å². The summed E-state index contributed by atoms with van der Waals surface area (Å²) in [6, 6.07) is 0. The summed E-state index contributed by atoms with van der Waals surface area (Å²) in [6.45, 7) is 6.51. The Labute approximate surface area is 104 Å². The second kappa shape index (κ2) is 7.27. The first-order valence-electron chi connectivity index (χ1n) is 6.12. The fourth-order valence-electron chi connectivity index (χ4n) is 1.88. The van der Waals surface area contributed by atoms with Crippen molar-refractivity contribution in [3.05, 3.63) is 0 Å². The van der Waals surface area contributed by atoms with Gasteiger partial charge in [-0.15, -0.1) is 0 Å². The number of hydrogen-bond donors (Lipinski definition) is 2. The van der Waals surface area contributed by atoms with Gasteiger partial charge in [0.15, 0.2) is 0 Å². The lowest BCUT2D eigenvalue weighted by atomic mass is 10.4. The van der Waals surface area contributed by atoms with Gasteiger partial charge in [-0.25, -0.2) is 8.42 Å². The minimum absolute atomic E-state index is 0.132. The first-order valence-corrected chi connectivity index (χ1v) is 7.73. The Hall–Kier alpha value is -0.210. The number of sulfonamides is 1. The van der Waals surface area contributed by atoms with Crippen molar-refractivity contribution in [2.24, 2.45) is 0 Å². The van der Waals surface area contributed by atoms with Crippen LogP contribution in [0.25, 0.3) is 0 Å². The van der Waals surface area contributed by atoms with Crippen molar-refractivity contribution in [2.75, 3.05) is 58.2 Å². The molecule has 0 spiro atoms. The van der Waals surface area contributed by atoms with E-state index >= 15 is 0 Å². The number of hydrogen-bond acceptors (Lipinski definition) is 5. The van der Waals surface area contributed by atoms with Gasteiger partial charge >= 0.3 is 0 Å². The molecule has 7 heteroatoms. The van der Waals surface area contributed by atoms with E-state index in [2.05, 4.69) is 10.2 Å². The summed E-state index contributed by atoms with van der Waals surface area (Å²) in [5.74, 6) is 0.167. The number of nitrogens with one attached hydrogen (secondary N) is 1. The van der Waals surface area contributed by atoms with E-state index in [9.17, 15) is 8.42 Å². The minimum atomic E-state index is -3.11. The molecule has 0 amide bonds. The lowest BCUT2D eigenvalue weighted by molar-refractivity contribution is 0.151. The average Bonchev–Trinajstić information content (AvgIpc) is 2.30. The Bertz CT molecular complexity index is 300. The molecule has 1 fully saturated rings. The fourth-order valence-corrected chi connectivity index (χ4v) is 3.26. The summed E-state index contributed by atoms with van der Waals surface area (Å²) < 4.78 is 25.4. The molecule has 2 N–H and O–H groups in total. The molecule has 1 aliphatic heterocycles. The van der Waals surface area contributed by atoms with Crippen molar-refractivity contribution in [2.45, 2.75) is 6.92 Å². The highest BCUT2D eigenvalue weighted by Gasteiger charge is 2.25. The highest BCUT2D eigenvalue weighted by Crippen LogP contribution is 2.07. The minimum Gasteiger partial charge on any atom is -0.395 e. The number of piperazine rings is 1. The maximum atomic E-state index is 11.9.